The van der Waals surface area contributed by atoms with Gasteiger partial charge in [0, 0.05) is 22.7 Å². The van der Waals surface area contributed by atoms with Gasteiger partial charge in [0.2, 0.25) is 0 Å². The summed E-state index contributed by atoms with van der Waals surface area (Å²) in [7, 11) is 0. The molecule has 0 atom stereocenters. The van der Waals surface area contributed by atoms with Gasteiger partial charge in [-0.05, 0) is 43.5 Å². The molecule has 0 spiro atoms. The van der Waals surface area contributed by atoms with E-state index in [0.717, 1.165) is 4.90 Å². The minimum absolute atomic E-state index is 0.219. The summed E-state index contributed by atoms with van der Waals surface area (Å²) in [5.41, 5.74) is 1.32. The third-order valence-corrected chi connectivity index (χ3v) is 4.20. The minimum Gasteiger partial charge on any atom is -0.452 e. The topological polar surface area (TPSA) is 84.5 Å². The van der Waals surface area contributed by atoms with Crippen LogP contribution < -0.4 is 10.6 Å². The lowest BCUT2D eigenvalue weighted by Crippen LogP contribution is -2.23. The normalized spacial score (nSPS) is 10.1. The molecule has 2 amide bonds. The van der Waals surface area contributed by atoms with Crippen molar-refractivity contribution in [3.63, 3.8) is 0 Å². The number of nitrogens with one attached hydrogen (secondary N) is 2. The van der Waals surface area contributed by atoms with Crippen LogP contribution in [0.1, 0.15) is 27.6 Å². The van der Waals surface area contributed by atoms with Crippen LogP contribution in [0.15, 0.2) is 53.4 Å². The maximum absolute atomic E-state index is 12.1. The van der Waals surface area contributed by atoms with Crippen LogP contribution in [-0.4, -0.2) is 37.2 Å². The highest BCUT2D eigenvalue weighted by atomic mass is 32.2. The molecular formula is C19H20N2O4S. The molecule has 0 aliphatic heterocycles. The second-order valence-electron chi connectivity index (χ2n) is 5.26. The molecule has 7 heteroatoms. The summed E-state index contributed by atoms with van der Waals surface area (Å²) >= 11 is 1.43. The number of rotatable bonds is 7. The lowest BCUT2D eigenvalue weighted by molar-refractivity contribution is -0.119. The summed E-state index contributed by atoms with van der Waals surface area (Å²) in [6, 6.07) is 13.6. The van der Waals surface area contributed by atoms with E-state index in [9.17, 15) is 14.4 Å². The number of anilines is 1. The zero-order valence-corrected chi connectivity index (χ0v) is 15.4. The van der Waals surface area contributed by atoms with Crippen molar-refractivity contribution in [2.45, 2.75) is 11.8 Å². The second kappa shape index (κ2) is 9.62. The first-order valence-corrected chi connectivity index (χ1v) is 9.26. The van der Waals surface area contributed by atoms with Crippen LogP contribution in [0.25, 0.3) is 0 Å². The highest BCUT2D eigenvalue weighted by Crippen LogP contribution is 2.20. The van der Waals surface area contributed by atoms with Crippen molar-refractivity contribution in [3.8, 4) is 0 Å². The Morgan fingerprint density at radius 2 is 1.85 bits per heavy atom. The van der Waals surface area contributed by atoms with Crippen LogP contribution in [0.2, 0.25) is 0 Å². The number of carbonyl (C=O) groups is 3. The third kappa shape index (κ3) is 5.35. The number of amides is 2. The Bertz CT molecular complexity index is 808. The van der Waals surface area contributed by atoms with E-state index in [1.54, 1.807) is 36.4 Å². The monoisotopic (exact) mass is 372 g/mol. The number of hydrogen-bond donors (Lipinski definition) is 2. The van der Waals surface area contributed by atoms with Crippen LogP contribution >= 0.6 is 11.8 Å². The van der Waals surface area contributed by atoms with E-state index in [1.807, 2.05) is 25.3 Å². The summed E-state index contributed by atoms with van der Waals surface area (Å²) in [4.78, 5) is 36.7. The number of esters is 1. The van der Waals surface area contributed by atoms with Crippen LogP contribution in [0.3, 0.4) is 0 Å². The van der Waals surface area contributed by atoms with Gasteiger partial charge in [0.25, 0.3) is 11.8 Å². The van der Waals surface area contributed by atoms with E-state index < -0.39 is 18.5 Å². The van der Waals surface area contributed by atoms with Crippen molar-refractivity contribution >= 4 is 35.2 Å². The fourth-order valence-electron chi connectivity index (χ4n) is 2.22. The molecule has 2 aromatic rings. The summed E-state index contributed by atoms with van der Waals surface area (Å²) in [6.45, 7) is 1.93. The first-order valence-electron chi connectivity index (χ1n) is 8.03. The van der Waals surface area contributed by atoms with Crippen molar-refractivity contribution in [2.75, 3.05) is 24.7 Å². The van der Waals surface area contributed by atoms with Gasteiger partial charge < -0.3 is 15.4 Å². The van der Waals surface area contributed by atoms with Gasteiger partial charge in [-0.25, -0.2) is 4.79 Å². The first-order chi connectivity index (χ1) is 12.5. The largest absolute Gasteiger partial charge is 0.452 e. The van der Waals surface area contributed by atoms with Crippen LogP contribution in [0.5, 0.6) is 0 Å². The molecule has 2 aromatic carbocycles. The van der Waals surface area contributed by atoms with Crippen molar-refractivity contribution in [1.29, 1.82) is 0 Å². The van der Waals surface area contributed by atoms with Gasteiger partial charge in [-0.3, -0.25) is 9.59 Å². The average molecular weight is 372 g/mol. The zero-order valence-electron chi connectivity index (χ0n) is 14.6. The smallest absolute Gasteiger partial charge is 0.339 e. The highest BCUT2D eigenvalue weighted by Gasteiger charge is 2.14. The molecule has 0 fully saturated rings. The maximum Gasteiger partial charge on any atom is 0.339 e. The lowest BCUT2D eigenvalue weighted by Gasteiger charge is -2.09. The molecule has 136 valence electrons. The molecule has 0 aliphatic rings. The molecule has 0 bridgehead atoms. The molecular weight excluding hydrogens is 352 g/mol. The lowest BCUT2D eigenvalue weighted by atomic mass is 10.2. The summed E-state index contributed by atoms with van der Waals surface area (Å²) in [5, 5.41) is 5.30. The van der Waals surface area contributed by atoms with E-state index in [2.05, 4.69) is 10.6 Å². The van der Waals surface area contributed by atoms with Crippen LogP contribution in [0.4, 0.5) is 5.69 Å². The molecule has 0 unspecified atom stereocenters. The average Bonchev–Trinajstić information content (AvgIpc) is 2.66. The maximum atomic E-state index is 12.1. The predicted octanol–water partition coefficient (Wildman–Crippen LogP) is 2.95. The van der Waals surface area contributed by atoms with Gasteiger partial charge in [-0.2, -0.15) is 0 Å². The number of benzene rings is 2. The molecule has 0 aliphatic carbocycles. The summed E-state index contributed by atoms with van der Waals surface area (Å²) in [5.74, 6) is -1.25. The van der Waals surface area contributed by atoms with E-state index in [-0.39, 0.29) is 5.91 Å². The van der Waals surface area contributed by atoms with Crippen molar-refractivity contribution in [1.82, 2.24) is 5.32 Å². The van der Waals surface area contributed by atoms with Gasteiger partial charge in [0.05, 0.1) is 5.56 Å². The molecule has 26 heavy (non-hydrogen) atoms. The number of thioether (sulfide) groups is 1. The Kier molecular flexibility index (Phi) is 7.23. The second-order valence-corrected chi connectivity index (χ2v) is 6.11. The molecule has 0 aromatic heterocycles. The third-order valence-electron chi connectivity index (χ3n) is 3.41. The van der Waals surface area contributed by atoms with Crippen molar-refractivity contribution < 1.29 is 19.1 Å². The minimum atomic E-state index is -0.554. The Labute approximate surface area is 156 Å². The number of hydrogen-bond acceptors (Lipinski definition) is 5. The Morgan fingerprint density at radius 1 is 1.08 bits per heavy atom. The van der Waals surface area contributed by atoms with Gasteiger partial charge in [0.1, 0.15) is 0 Å². The first kappa shape index (κ1) is 19.5. The standard InChI is InChI=1S/C19H20N2O4S/c1-3-20-18(23)13-7-6-8-14(11-13)21-17(22)12-25-19(24)15-9-4-5-10-16(15)26-2/h4-11H,3,12H2,1-2H3,(H,20,23)(H,21,22). The molecule has 2 N–H and O–H groups in total. The Morgan fingerprint density at radius 3 is 2.58 bits per heavy atom. The van der Waals surface area contributed by atoms with Crippen LogP contribution in [0, 0.1) is 0 Å². The fraction of sp³-hybridized carbons (Fsp3) is 0.211. The quantitative estimate of drug-likeness (QED) is 0.577. The molecule has 0 radical (unpaired) electrons. The van der Waals surface area contributed by atoms with E-state index >= 15 is 0 Å². The van der Waals surface area contributed by atoms with Crippen LogP contribution in [-0.2, 0) is 9.53 Å². The van der Waals surface area contributed by atoms with E-state index in [1.165, 1.54) is 11.8 Å². The molecule has 0 saturated carbocycles. The molecule has 0 saturated heterocycles. The van der Waals surface area contributed by atoms with Gasteiger partial charge in [0.15, 0.2) is 6.61 Å². The van der Waals surface area contributed by atoms with E-state index in [4.69, 9.17) is 4.74 Å². The highest BCUT2D eigenvalue weighted by molar-refractivity contribution is 7.98. The Hall–Kier alpha value is -2.80. The molecule has 6 nitrogen and oxygen atoms in total. The van der Waals surface area contributed by atoms with Crippen molar-refractivity contribution in [3.05, 3.63) is 59.7 Å². The van der Waals surface area contributed by atoms with Gasteiger partial charge in [-0.1, -0.05) is 18.2 Å². The number of ether oxygens (including phenoxy) is 1. The molecule has 2 rings (SSSR count). The number of carbonyl (C=O) groups excluding carboxylic acids is 3. The Balaban J connectivity index is 1.94. The van der Waals surface area contributed by atoms with E-state index in [0.29, 0.717) is 23.4 Å². The summed E-state index contributed by atoms with van der Waals surface area (Å²) < 4.78 is 5.08. The van der Waals surface area contributed by atoms with Crippen molar-refractivity contribution in [2.24, 2.45) is 0 Å². The predicted molar refractivity (Wildman–Crippen MR) is 102 cm³/mol. The SMILES string of the molecule is CCNC(=O)c1cccc(NC(=O)COC(=O)c2ccccc2SC)c1. The van der Waals surface area contributed by atoms with Gasteiger partial charge >= 0.3 is 5.97 Å². The zero-order chi connectivity index (χ0) is 18.9. The van der Waals surface area contributed by atoms with Gasteiger partial charge in [-0.15, -0.1) is 11.8 Å². The summed E-state index contributed by atoms with van der Waals surface area (Å²) in [6.07, 6.45) is 1.86. The fourth-order valence-corrected chi connectivity index (χ4v) is 2.81. The molecule has 0 heterocycles.